The minimum Gasteiger partial charge on any atom is -0.382 e. The molecule has 0 spiro atoms. The third-order valence-corrected chi connectivity index (χ3v) is 7.59. The van der Waals surface area contributed by atoms with Crippen molar-refractivity contribution in [2.45, 2.75) is 30.1 Å². The van der Waals surface area contributed by atoms with E-state index >= 15 is 0 Å². The summed E-state index contributed by atoms with van der Waals surface area (Å²) in [6.45, 7) is 2.13. The maximum Gasteiger partial charge on any atom is 0.164 e. The largest absolute Gasteiger partial charge is 0.382 e. The zero-order valence-electron chi connectivity index (χ0n) is 19.5. The molecular formula is C22H28ClN5O5S. The van der Waals surface area contributed by atoms with Crippen molar-refractivity contribution >= 4 is 21.4 Å². The second kappa shape index (κ2) is 11.8. The van der Waals surface area contributed by atoms with E-state index in [0.29, 0.717) is 10.8 Å². The van der Waals surface area contributed by atoms with E-state index in [4.69, 9.17) is 25.8 Å². The number of sulfone groups is 1. The lowest BCUT2D eigenvalue weighted by atomic mass is 10.2. The highest BCUT2D eigenvalue weighted by Gasteiger charge is 2.35. The van der Waals surface area contributed by atoms with E-state index < -0.39 is 21.2 Å². The molecule has 0 saturated heterocycles. The van der Waals surface area contributed by atoms with Gasteiger partial charge in [0.2, 0.25) is 0 Å². The molecule has 2 aromatic heterocycles. The van der Waals surface area contributed by atoms with Gasteiger partial charge in [0.25, 0.3) is 0 Å². The Labute approximate surface area is 204 Å². The van der Waals surface area contributed by atoms with Crippen LogP contribution in [0.2, 0.25) is 5.02 Å². The maximum atomic E-state index is 13.5. The predicted molar refractivity (Wildman–Crippen MR) is 127 cm³/mol. The van der Waals surface area contributed by atoms with Gasteiger partial charge >= 0.3 is 0 Å². The average Bonchev–Trinajstić information content (AvgIpc) is 3.23. The average molecular weight is 510 g/mol. The lowest BCUT2D eigenvalue weighted by molar-refractivity contribution is 0.0887. The van der Waals surface area contributed by atoms with Crippen molar-refractivity contribution in [3.05, 3.63) is 59.4 Å². The molecule has 0 aliphatic rings. The normalized spacial score (nSPS) is 13.8. The van der Waals surface area contributed by atoms with Gasteiger partial charge in [-0.25, -0.2) is 18.4 Å². The minimum atomic E-state index is -3.78. The number of hydrogen-bond acceptors (Lipinski definition) is 9. The molecule has 0 radical (unpaired) electrons. The SMILES string of the molecule is COCC(COC)n1c(CS(=O)(=O)[C@@H](C)[C@H](OC)c2ncc(Cl)cn2)nnc1-c1ccccc1. The van der Waals surface area contributed by atoms with Gasteiger partial charge in [-0.3, -0.25) is 0 Å². The standard InChI is InChI=1S/C22H28ClN5O5S/c1-15(20(33-4)21-24-10-17(23)11-25-21)34(29,30)14-19-26-27-22(16-8-6-5-7-9-16)28(19)18(12-31-2)13-32-3/h5-11,15,18,20H,12-14H2,1-4H3/t15-,20-/m0/s1. The number of halogens is 1. The first kappa shape index (κ1) is 26.2. The Morgan fingerprint density at radius 2 is 1.62 bits per heavy atom. The van der Waals surface area contributed by atoms with E-state index in [9.17, 15) is 8.42 Å². The zero-order valence-corrected chi connectivity index (χ0v) is 21.0. The topological polar surface area (TPSA) is 118 Å². The summed E-state index contributed by atoms with van der Waals surface area (Å²) < 4.78 is 44.9. The number of aromatic nitrogens is 5. The fourth-order valence-electron chi connectivity index (χ4n) is 3.65. The third kappa shape index (κ3) is 5.97. The van der Waals surface area contributed by atoms with Crippen LogP contribution in [-0.4, -0.2) is 72.9 Å². The van der Waals surface area contributed by atoms with Crippen LogP contribution >= 0.6 is 11.6 Å². The molecule has 0 unspecified atom stereocenters. The predicted octanol–water partition coefficient (Wildman–Crippen LogP) is 2.91. The molecule has 0 saturated carbocycles. The summed E-state index contributed by atoms with van der Waals surface area (Å²) in [6.07, 6.45) is 1.91. The van der Waals surface area contributed by atoms with Gasteiger partial charge in [0.05, 0.1) is 29.5 Å². The summed E-state index contributed by atoms with van der Waals surface area (Å²) in [5.41, 5.74) is 0.799. The van der Waals surface area contributed by atoms with E-state index in [2.05, 4.69) is 20.2 Å². The molecule has 0 N–H and O–H groups in total. The molecule has 34 heavy (non-hydrogen) atoms. The fraction of sp³-hybridized carbons (Fsp3) is 0.455. The fourth-order valence-corrected chi connectivity index (χ4v) is 5.17. The molecule has 0 aliphatic carbocycles. The van der Waals surface area contributed by atoms with Crippen LogP contribution < -0.4 is 0 Å². The van der Waals surface area contributed by atoms with Crippen molar-refractivity contribution < 1.29 is 22.6 Å². The number of ether oxygens (including phenoxy) is 3. The van der Waals surface area contributed by atoms with Crippen molar-refractivity contribution in [1.29, 1.82) is 0 Å². The second-order valence-corrected chi connectivity index (χ2v) is 10.5. The van der Waals surface area contributed by atoms with Crippen LogP contribution in [-0.2, 0) is 29.8 Å². The van der Waals surface area contributed by atoms with Crippen molar-refractivity contribution in [3.63, 3.8) is 0 Å². The Morgan fingerprint density at radius 3 is 2.18 bits per heavy atom. The van der Waals surface area contributed by atoms with Gasteiger partial charge in [-0.05, 0) is 6.92 Å². The van der Waals surface area contributed by atoms with Gasteiger partial charge in [-0.2, -0.15) is 0 Å². The summed E-state index contributed by atoms with van der Waals surface area (Å²) in [5.74, 6) is 0.662. The molecule has 184 valence electrons. The van der Waals surface area contributed by atoms with Gasteiger partial charge in [0, 0.05) is 39.3 Å². The molecule has 3 rings (SSSR count). The lowest BCUT2D eigenvalue weighted by Gasteiger charge is -2.23. The Bertz CT molecular complexity index is 1150. The molecule has 10 nitrogen and oxygen atoms in total. The van der Waals surface area contributed by atoms with Gasteiger partial charge in [-0.1, -0.05) is 41.9 Å². The Morgan fingerprint density at radius 1 is 1.00 bits per heavy atom. The van der Waals surface area contributed by atoms with E-state index in [0.717, 1.165) is 5.56 Å². The van der Waals surface area contributed by atoms with Crippen LogP contribution in [0.25, 0.3) is 11.4 Å². The molecule has 2 heterocycles. The van der Waals surface area contributed by atoms with E-state index in [1.165, 1.54) is 19.5 Å². The monoisotopic (exact) mass is 509 g/mol. The number of hydrogen-bond donors (Lipinski definition) is 0. The Balaban J connectivity index is 1.99. The van der Waals surface area contributed by atoms with E-state index in [1.807, 2.05) is 30.3 Å². The first-order chi connectivity index (χ1) is 16.3. The molecular weight excluding hydrogens is 482 g/mol. The van der Waals surface area contributed by atoms with Crippen LogP contribution in [0.4, 0.5) is 0 Å². The van der Waals surface area contributed by atoms with Gasteiger partial charge in [0.1, 0.15) is 17.7 Å². The van der Waals surface area contributed by atoms with Crippen molar-refractivity contribution in [2.75, 3.05) is 34.5 Å². The molecule has 1 aromatic carbocycles. The van der Waals surface area contributed by atoms with E-state index in [-0.39, 0.29) is 36.7 Å². The summed E-state index contributed by atoms with van der Waals surface area (Å²) in [4.78, 5) is 8.26. The number of benzene rings is 1. The van der Waals surface area contributed by atoms with Gasteiger partial charge < -0.3 is 18.8 Å². The highest BCUT2D eigenvalue weighted by molar-refractivity contribution is 7.91. The quantitative estimate of drug-likeness (QED) is 0.363. The smallest absolute Gasteiger partial charge is 0.164 e. The van der Waals surface area contributed by atoms with Crippen LogP contribution in [0.15, 0.2) is 42.7 Å². The number of rotatable bonds is 12. The lowest BCUT2D eigenvalue weighted by Crippen LogP contribution is -2.31. The number of nitrogens with zero attached hydrogens (tertiary/aromatic N) is 5. The minimum absolute atomic E-state index is 0.228. The van der Waals surface area contributed by atoms with Crippen molar-refractivity contribution in [3.8, 4) is 11.4 Å². The highest BCUT2D eigenvalue weighted by atomic mass is 35.5. The van der Waals surface area contributed by atoms with Crippen molar-refractivity contribution in [2.24, 2.45) is 0 Å². The number of methoxy groups -OCH3 is 3. The summed E-state index contributed by atoms with van der Waals surface area (Å²) in [5, 5.41) is 7.94. The first-order valence-corrected chi connectivity index (χ1v) is 12.6. The molecule has 2 atom stereocenters. The highest BCUT2D eigenvalue weighted by Crippen LogP contribution is 2.28. The van der Waals surface area contributed by atoms with E-state index in [1.54, 1.807) is 25.7 Å². The third-order valence-electron chi connectivity index (χ3n) is 5.35. The maximum absolute atomic E-state index is 13.5. The summed E-state index contributed by atoms with van der Waals surface area (Å²) >= 11 is 5.87. The van der Waals surface area contributed by atoms with Crippen LogP contribution in [0.5, 0.6) is 0 Å². The molecule has 0 fully saturated rings. The molecule has 0 aliphatic heterocycles. The van der Waals surface area contributed by atoms with Gasteiger partial charge in [0.15, 0.2) is 21.5 Å². The molecule has 12 heteroatoms. The molecule has 0 bridgehead atoms. The van der Waals surface area contributed by atoms with Crippen LogP contribution in [0.3, 0.4) is 0 Å². The summed E-state index contributed by atoms with van der Waals surface area (Å²) in [7, 11) is 0.779. The van der Waals surface area contributed by atoms with Crippen molar-refractivity contribution in [1.82, 2.24) is 24.7 Å². The first-order valence-electron chi connectivity index (χ1n) is 10.5. The van der Waals surface area contributed by atoms with Crippen LogP contribution in [0, 0.1) is 0 Å². The Hall–Kier alpha value is -2.44. The Kier molecular flexibility index (Phi) is 9.09. The second-order valence-electron chi connectivity index (χ2n) is 7.67. The molecule has 0 amide bonds. The summed E-state index contributed by atoms with van der Waals surface area (Å²) in [6, 6.07) is 9.09. The zero-order chi connectivity index (χ0) is 24.7. The van der Waals surface area contributed by atoms with Crippen LogP contribution in [0.1, 0.15) is 30.7 Å². The van der Waals surface area contributed by atoms with Gasteiger partial charge in [-0.15, -0.1) is 10.2 Å². The molecule has 3 aromatic rings.